The van der Waals surface area contributed by atoms with Crippen LogP contribution in [-0.2, 0) is 9.53 Å². The van der Waals surface area contributed by atoms with Gasteiger partial charge < -0.3 is 4.74 Å². The van der Waals surface area contributed by atoms with Crippen LogP contribution < -0.4 is 0 Å². The smallest absolute Gasteiger partial charge is 0.243 e. The van der Waals surface area contributed by atoms with E-state index in [0.717, 1.165) is 21.9 Å². The molecule has 0 aliphatic carbocycles. The highest BCUT2D eigenvalue weighted by Crippen LogP contribution is 2.31. The van der Waals surface area contributed by atoms with Crippen molar-refractivity contribution in [2.45, 2.75) is 13.2 Å². The van der Waals surface area contributed by atoms with Crippen LogP contribution >= 0.6 is 11.3 Å². The number of hydrogen-bond acceptors (Lipinski definition) is 4. The summed E-state index contributed by atoms with van der Waals surface area (Å²) in [5.74, 6) is 0.333. The quantitative estimate of drug-likeness (QED) is 0.711. The Morgan fingerprint density at radius 2 is 2.00 bits per heavy atom. The summed E-state index contributed by atoms with van der Waals surface area (Å²) in [6, 6.07) is 16.1. The second kappa shape index (κ2) is 5.52. The van der Waals surface area contributed by atoms with Gasteiger partial charge in [-0.3, -0.25) is 4.79 Å². The van der Waals surface area contributed by atoms with Gasteiger partial charge in [0.05, 0.1) is 0 Å². The fourth-order valence-electron chi connectivity index (χ4n) is 2.64. The van der Waals surface area contributed by atoms with Gasteiger partial charge in [0.15, 0.2) is 0 Å². The van der Waals surface area contributed by atoms with Crippen molar-refractivity contribution in [1.29, 1.82) is 0 Å². The third-order valence-electron chi connectivity index (χ3n) is 3.79. The van der Waals surface area contributed by atoms with Gasteiger partial charge in [0.1, 0.15) is 0 Å². The van der Waals surface area contributed by atoms with Gasteiger partial charge in [-0.25, -0.2) is 0 Å². The van der Waals surface area contributed by atoms with E-state index in [1.54, 1.807) is 11.3 Å². The van der Waals surface area contributed by atoms with Crippen LogP contribution in [0, 0.1) is 0 Å². The van der Waals surface area contributed by atoms with E-state index in [1.165, 1.54) is 11.9 Å². The Labute approximate surface area is 137 Å². The topological polar surface area (TPSA) is 41.9 Å². The number of rotatable bonds is 2. The molecule has 0 N–H and O–H groups in total. The van der Waals surface area contributed by atoms with Gasteiger partial charge in [-0.2, -0.15) is 16.3 Å². The summed E-state index contributed by atoms with van der Waals surface area (Å²) in [7, 11) is 0. The van der Waals surface area contributed by atoms with E-state index in [1.807, 2.05) is 53.2 Å². The molecule has 1 unspecified atom stereocenters. The molecule has 4 nitrogen and oxygen atoms in total. The van der Waals surface area contributed by atoms with E-state index < -0.39 is 6.23 Å². The van der Waals surface area contributed by atoms with Crippen molar-refractivity contribution in [3.8, 4) is 0 Å². The lowest BCUT2D eigenvalue weighted by molar-refractivity contribution is -0.135. The summed E-state index contributed by atoms with van der Waals surface area (Å²) in [5, 5.41) is 12.0. The Bertz CT molecular complexity index is 902. The lowest BCUT2D eigenvalue weighted by Crippen LogP contribution is -2.24. The first-order valence-corrected chi connectivity index (χ1v) is 8.23. The molecule has 0 spiro atoms. The predicted octanol–water partition coefficient (Wildman–Crippen LogP) is 4.14. The number of thiophene rings is 1. The molecule has 1 atom stereocenters. The van der Waals surface area contributed by atoms with Crippen LogP contribution in [0.4, 0.5) is 0 Å². The van der Waals surface area contributed by atoms with Gasteiger partial charge in [-0.15, -0.1) is 5.10 Å². The second-order valence-corrected chi connectivity index (χ2v) is 6.14. The Morgan fingerprint density at radius 3 is 2.74 bits per heavy atom. The molecule has 0 fully saturated rings. The Balaban J connectivity index is 1.73. The summed E-state index contributed by atoms with van der Waals surface area (Å²) in [5.41, 5.74) is 1.80. The third kappa shape index (κ3) is 2.49. The van der Waals surface area contributed by atoms with Crippen LogP contribution in [0.5, 0.6) is 0 Å². The summed E-state index contributed by atoms with van der Waals surface area (Å²) in [6.07, 6.45) is -0.486. The summed E-state index contributed by atoms with van der Waals surface area (Å²) < 4.78 is 5.98. The maximum Gasteiger partial charge on any atom is 0.243 e. The Hall–Kier alpha value is -2.66. The number of carbonyl (C=O) groups is 1. The molecule has 114 valence electrons. The van der Waals surface area contributed by atoms with Crippen molar-refractivity contribution < 1.29 is 9.53 Å². The molecule has 1 aliphatic heterocycles. The molecule has 0 saturated carbocycles. The van der Waals surface area contributed by atoms with E-state index in [4.69, 9.17) is 4.74 Å². The lowest BCUT2D eigenvalue weighted by atomic mass is 10.1. The largest absolute Gasteiger partial charge is 0.446 e. The zero-order chi connectivity index (χ0) is 15.8. The van der Waals surface area contributed by atoms with E-state index in [9.17, 15) is 4.79 Å². The average Bonchev–Trinajstić information content (AvgIpc) is 3.23. The number of hydrogen-bond donors (Lipinski definition) is 0. The van der Waals surface area contributed by atoms with Crippen molar-refractivity contribution in [2.75, 3.05) is 0 Å². The fourth-order valence-corrected chi connectivity index (χ4v) is 3.30. The van der Waals surface area contributed by atoms with Crippen LogP contribution in [-0.4, -0.2) is 16.8 Å². The van der Waals surface area contributed by atoms with Crippen molar-refractivity contribution in [2.24, 2.45) is 5.10 Å². The monoisotopic (exact) mass is 322 g/mol. The van der Waals surface area contributed by atoms with Crippen LogP contribution in [0.2, 0.25) is 0 Å². The average molecular weight is 322 g/mol. The first kappa shape index (κ1) is 14.0. The Kier molecular flexibility index (Phi) is 3.35. The number of amides is 1. The van der Waals surface area contributed by atoms with Crippen LogP contribution in [0.15, 0.2) is 64.4 Å². The number of nitrogens with zero attached hydrogens (tertiary/aromatic N) is 2. The molecule has 4 rings (SSSR count). The van der Waals surface area contributed by atoms with Crippen molar-refractivity contribution in [1.82, 2.24) is 5.01 Å². The SMILES string of the molecule is CC(=O)N1N=C(c2ccc3ccccc3c2)OC1c1ccsc1. The fraction of sp³-hybridized carbons (Fsp3) is 0.111. The third-order valence-corrected chi connectivity index (χ3v) is 4.49. The second-order valence-electron chi connectivity index (χ2n) is 5.36. The van der Waals surface area contributed by atoms with Gasteiger partial charge in [0.25, 0.3) is 0 Å². The minimum atomic E-state index is -0.486. The van der Waals surface area contributed by atoms with Gasteiger partial charge in [-0.05, 0) is 39.7 Å². The van der Waals surface area contributed by atoms with Crippen LogP contribution in [0.3, 0.4) is 0 Å². The van der Waals surface area contributed by atoms with Gasteiger partial charge >= 0.3 is 0 Å². The van der Waals surface area contributed by atoms with Crippen molar-refractivity contribution >= 4 is 33.9 Å². The molecule has 3 aromatic rings. The van der Waals surface area contributed by atoms with E-state index in [2.05, 4.69) is 11.2 Å². The highest BCUT2D eigenvalue weighted by atomic mass is 32.1. The number of ether oxygens (including phenoxy) is 1. The minimum absolute atomic E-state index is 0.142. The number of fused-ring (bicyclic) bond motifs is 1. The normalized spacial score (nSPS) is 17.2. The van der Waals surface area contributed by atoms with Gasteiger partial charge in [0, 0.05) is 18.1 Å². The highest BCUT2D eigenvalue weighted by molar-refractivity contribution is 7.07. The first-order chi connectivity index (χ1) is 11.2. The first-order valence-electron chi connectivity index (χ1n) is 7.29. The lowest BCUT2D eigenvalue weighted by Gasteiger charge is -2.17. The molecule has 0 saturated heterocycles. The summed E-state index contributed by atoms with van der Waals surface area (Å²) in [4.78, 5) is 11.9. The molecule has 1 aromatic heterocycles. The molecule has 2 aromatic carbocycles. The molecule has 1 amide bonds. The highest BCUT2D eigenvalue weighted by Gasteiger charge is 2.33. The standard InChI is InChI=1S/C18H14N2O2S/c1-12(21)20-18(16-8-9-23-11-16)22-17(19-20)15-7-6-13-4-2-3-5-14(13)10-15/h2-11,18H,1H3. The van der Waals surface area contributed by atoms with Crippen LogP contribution in [0.1, 0.15) is 24.3 Å². The molecule has 0 radical (unpaired) electrons. The van der Waals surface area contributed by atoms with Crippen LogP contribution in [0.25, 0.3) is 10.8 Å². The Morgan fingerprint density at radius 1 is 1.17 bits per heavy atom. The van der Waals surface area contributed by atoms with E-state index >= 15 is 0 Å². The van der Waals surface area contributed by atoms with Gasteiger partial charge in [-0.1, -0.05) is 30.3 Å². The number of hydrazone groups is 1. The molecular formula is C18H14N2O2S. The molecular weight excluding hydrogens is 308 g/mol. The molecule has 0 bridgehead atoms. The maximum absolute atomic E-state index is 11.9. The zero-order valence-electron chi connectivity index (χ0n) is 12.5. The number of carbonyl (C=O) groups excluding carboxylic acids is 1. The van der Waals surface area contributed by atoms with E-state index in [0.29, 0.717) is 5.90 Å². The van der Waals surface area contributed by atoms with Crippen molar-refractivity contribution in [3.63, 3.8) is 0 Å². The molecule has 2 heterocycles. The number of benzene rings is 2. The molecule has 23 heavy (non-hydrogen) atoms. The molecule has 1 aliphatic rings. The zero-order valence-corrected chi connectivity index (χ0v) is 13.3. The maximum atomic E-state index is 11.9. The van der Waals surface area contributed by atoms with E-state index in [-0.39, 0.29) is 5.91 Å². The van der Waals surface area contributed by atoms with Crippen molar-refractivity contribution in [3.05, 3.63) is 70.4 Å². The summed E-state index contributed by atoms with van der Waals surface area (Å²) in [6.45, 7) is 1.50. The predicted molar refractivity (Wildman–Crippen MR) is 91.2 cm³/mol. The van der Waals surface area contributed by atoms with Gasteiger partial charge in [0.2, 0.25) is 18.0 Å². The molecule has 5 heteroatoms. The summed E-state index contributed by atoms with van der Waals surface area (Å²) >= 11 is 1.57. The minimum Gasteiger partial charge on any atom is -0.446 e.